The van der Waals surface area contributed by atoms with Gasteiger partial charge in [0.15, 0.2) is 0 Å². The summed E-state index contributed by atoms with van der Waals surface area (Å²) in [6.07, 6.45) is 0.208. The number of amides is 2. The van der Waals surface area contributed by atoms with Crippen LogP contribution in [0, 0.1) is 0 Å². The van der Waals surface area contributed by atoms with Crippen molar-refractivity contribution in [3.8, 4) is 0 Å². The largest absolute Gasteiger partial charge is 0.500 e. The highest BCUT2D eigenvalue weighted by Gasteiger charge is 2.40. The van der Waals surface area contributed by atoms with E-state index in [0.717, 1.165) is 4.90 Å². The summed E-state index contributed by atoms with van der Waals surface area (Å²) in [5.41, 5.74) is -0.626. The van der Waals surface area contributed by atoms with Crippen LogP contribution in [0.5, 0.6) is 0 Å². The Morgan fingerprint density at radius 1 is 1.47 bits per heavy atom. The number of likely N-dealkylation sites (tertiary alicyclic amines) is 1. The topological polar surface area (TPSA) is 55.8 Å². The lowest BCUT2D eigenvalue weighted by Crippen LogP contribution is -2.43. The number of hydrogen-bond acceptors (Lipinski definition) is 4. The molecule has 0 spiro atoms. The summed E-state index contributed by atoms with van der Waals surface area (Å²) in [6.45, 7) is 8.96. The summed E-state index contributed by atoms with van der Waals surface area (Å²) in [5, 5.41) is 0. The molecule has 0 aromatic heterocycles. The van der Waals surface area contributed by atoms with Crippen LogP contribution in [0.25, 0.3) is 0 Å². The van der Waals surface area contributed by atoms with Gasteiger partial charge in [-0.15, -0.1) is 0 Å². The van der Waals surface area contributed by atoms with Crippen molar-refractivity contribution in [1.82, 2.24) is 4.90 Å². The van der Waals surface area contributed by atoms with E-state index >= 15 is 0 Å². The summed E-state index contributed by atoms with van der Waals surface area (Å²) in [5.74, 6) is 0.157. The second-order valence-electron chi connectivity index (χ2n) is 4.97. The lowest BCUT2D eigenvalue weighted by atomic mass is 10.2. The molecule has 0 aromatic carbocycles. The highest BCUT2D eigenvalue weighted by Crippen LogP contribution is 2.26. The van der Waals surface area contributed by atoms with E-state index in [-0.39, 0.29) is 5.91 Å². The van der Waals surface area contributed by atoms with Crippen LogP contribution in [0.1, 0.15) is 33.6 Å². The molecular formula is C12H19NO4. The number of hydrogen-bond donors (Lipinski definition) is 0. The highest BCUT2D eigenvalue weighted by molar-refractivity contribution is 5.94. The van der Waals surface area contributed by atoms with Gasteiger partial charge >= 0.3 is 6.09 Å². The zero-order chi connectivity index (χ0) is 13.2. The van der Waals surface area contributed by atoms with Crippen LogP contribution < -0.4 is 0 Å². The van der Waals surface area contributed by atoms with Crippen molar-refractivity contribution >= 4 is 12.0 Å². The molecule has 0 saturated carbocycles. The van der Waals surface area contributed by atoms with Crippen LogP contribution in [0.2, 0.25) is 0 Å². The zero-order valence-corrected chi connectivity index (χ0v) is 10.8. The monoisotopic (exact) mass is 241 g/mol. The molecule has 1 atom stereocenters. The second-order valence-corrected chi connectivity index (χ2v) is 4.97. The van der Waals surface area contributed by atoms with Gasteiger partial charge in [0.2, 0.25) is 5.91 Å². The van der Waals surface area contributed by atoms with Crippen LogP contribution in [0.4, 0.5) is 4.79 Å². The molecule has 1 fully saturated rings. The van der Waals surface area contributed by atoms with Crippen molar-refractivity contribution < 1.29 is 19.1 Å². The van der Waals surface area contributed by atoms with Crippen LogP contribution in [-0.4, -0.2) is 35.7 Å². The lowest BCUT2D eigenvalue weighted by molar-refractivity contribution is -0.128. The smallest absolute Gasteiger partial charge is 0.417 e. The van der Waals surface area contributed by atoms with Crippen LogP contribution in [-0.2, 0) is 14.3 Å². The Morgan fingerprint density at radius 3 is 2.53 bits per heavy atom. The van der Waals surface area contributed by atoms with E-state index in [1.807, 2.05) is 0 Å². The van der Waals surface area contributed by atoms with Gasteiger partial charge in [-0.2, -0.15) is 0 Å². The third-order valence-corrected chi connectivity index (χ3v) is 2.44. The SMILES string of the molecule is C=C(OC)[C@@H]1CCC(=O)N1C(=O)OC(C)(C)C. The van der Waals surface area contributed by atoms with Crippen LogP contribution in [0.15, 0.2) is 12.3 Å². The summed E-state index contributed by atoms with van der Waals surface area (Å²) >= 11 is 0. The molecule has 96 valence electrons. The Labute approximate surface area is 101 Å². The molecule has 5 heteroatoms. The third-order valence-electron chi connectivity index (χ3n) is 2.44. The maximum absolute atomic E-state index is 11.9. The standard InChI is InChI=1S/C12H19NO4/c1-8(16-5)9-6-7-10(14)13(9)11(15)17-12(2,3)4/h9H,1,6-7H2,2-5H3/t9-/m0/s1. The van der Waals surface area contributed by atoms with Gasteiger partial charge in [-0.05, 0) is 27.2 Å². The van der Waals surface area contributed by atoms with Gasteiger partial charge in [-0.3, -0.25) is 4.79 Å². The molecule has 0 aromatic rings. The van der Waals surface area contributed by atoms with Gasteiger partial charge in [0, 0.05) is 6.42 Å². The number of rotatable bonds is 2. The Kier molecular flexibility index (Phi) is 3.80. The van der Waals surface area contributed by atoms with Gasteiger partial charge in [-0.1, -0.05) is 6.58 Å². The fourth-order valence-corrected chi connectivity index (χ4v) is 1.66. The normalized spacial score (nSPS) is 20.4. The molecule has 0 unspecified atom stereocenters. The maximum Gasteiger partial charge on any atom is 0.417 e. The number of carbonyl (C=O) groups excluding carboxylic acids is 2. The maximum atomic E-state index is 11.9. The number of methoxy groups -OCH3 is 1. The summed E-state index contributed by atoms with van der Waals surface area (Å²) in [6, 6.07) is -0.414. The van der Waals surface area contributed by atoms with E-state index in [0.29, 0.717) is 18.6 Å². The molecule has 1 aliphatic heterocycles. The molecule has 1 rings (SSSR count). The fourth-order valence-electron chi connectivity index (χ4n) is 1.66. The first kappa shape index (κ1) is 13.5. The number of carbonyl (C=O) groups is 2. The first-order valence-corrected chi connectivity index (χ1v) is 5.54. The zero-order valence-electron chi connectivity index (χ0n) is 10.8. The van der Waals surface area contributed by atoms with Gasteiger partial charge in [-0.25, -0.2) is 9.69 Å². The fraction of sp³-hybridized carbons (Fsp3) is 0.667. The number of ether oxygens (including phenoxy) is 2. The van der Waals surface area contributed by atoms with Crippen LogP contribution >= 0.6 is 0 Å². The van der Waals surface area contributed by atoms with E-state index < -0.39 is 17.7 Å². The predicted molar refractivity (Wildman–Crippen MR) is 62.3 cm³/mol. The van der Waals surface area contributed by atoms with Crippen molar-refractivity contribution in [2.75, 3.05) is 7.11 Å². The number of imide groups is 1. The van der Waals surface area contributed by atoms with Crippen molar-refractivity contribution in [3.63, 3.8) is 0 Å². The average molecular weight is 241 g/mol. The molecule has 17 heavy (non-hydrogen) atoms. The van der Waals surface area contributed by atoms with E-state index in [1.54, 1.807) is 20.8 Å². The first-order valence-electron chi connectivity index (χ1n) is 5.54. The molecular weight excluding hydrogens is 222 g/mol. The Bertz CT molecular complexity index is 343. The van der Waals surface area contributed by atoms with Crippen molar-refractivity contribution in [3.05, 3.63) is 12.3 Å². The summed E-state index contributed by atoms with van der Waals surface area (Å²) < 4.78 is 10.2. The second kappa shape index (κ2) is 4.77. The van der Waals surface area contributed by atoms with Crippen molar-refractivity contribution in [2.45, 2.75) is 45.3 Å². The Hall–Kier alpha value is -1.52. The van der Waals surface area contributed by atoms with E-state index in [2.05, 4.69) is 6.58 Å². The van der Waals surface area contributed by atoms with E-state index in [9.17, 15) is 9.59 Å². The molecule has 0 N–H and O–H groups in total. The minimum Gasteiger partial charge on any atom is -0.500 e. The van der Waals surface area contributed by atoms with Gasteiger partial charge in [0.05, 0.1) is 7.11 Å². The third kappa shape index (κ3) is 3.22. The quantitative estimate of drug-likeness (QED) is 0.694. The Morgan fingerprint density at radius 2 is 2.06 bits per heavy atom. The molecule has 0 radical (unpaired) electrons. The average Bonchev–Trinajstić information content (AvgIpc) is 2.56. The molecule has 2 amide bonds. The highest BCUT2D eigenvalue weighted by atomic mass is 16.6. The molecule has 1 aliphatic rings. The molecule has 1 heterocycles. The Balaban J connectivity index is 2.81. The van der Waals surface area contributed by atoms with Gasteiger partial charge in [0.25, 0.3) is 0 Å². The first-order chi connectivity index (χ1) is 7.76. The van der Waals surface area contributed by atoms with Crippen LogP contribution in [0.3, 0.4) is 0 Å². The molecule has 0 aliphatic carbocycles. The van der Waals surface area contributed by atoms with E-state index in [1.165, 1.54) is 7.11 Å². The van der Waals surface area contributed by atoms with E-state index in [4.69, 9.17) is 9.47 Å². The summed E-state index contributed by atoms with van der Waals surface area (Å²) in [4.78, 5) is 24.6. The summed E-state index contributed by atoms with van der Waals surface area (Å²) in [7, 11) is 1.47. The van der Waals surface area contributed by atoms with Crippen molar-refractivity contribution in [2.24, 2.45) is 0 Å². The molecule has 1 saturated heterocycles. The number of nitrogens with zero attached hydrogens (tertiary/aromatic N) is 1. The predicted octanol–water partition coefficient (Wildman–Crippen LogP) is 2.07. The van der Waals surface area contributed by atoms with Gasteiger partial charge < -0.3 is 9.47 Å². The van der Waals surface area contributed by atoms with Gasteiger partial charge in [0.1, 0.15) is 17.4 Å². The minimum atomic E-state index is -0.636. The van der Waals surface area contributed by atoms with Crippen molar-refractivity contribution in [1.29, 1.82) is 0 Å². The lowest BCUT2D eigenvalue weighted by Gasteiger charge is -2.27. The molecule has 5 nitrogen and oxygen atoms in total. The minimum absolute atomic E-state index is 0.248. The molecule has 0 bridgehead atoms.